The Morgan fingerprint density at radius 2 is 2.16 bits per heavy atom. The number of hydrogen-bond donors (Lipinski definition) is 2. The second-order valence-electron chi connectivity index (χ2n) is 4.09. The molecule has 0 radical (unpaired) electrons. The number of aromatic nitrogens is 1. The molecule has 0 aliphatic carbocycles. The number of amides is 1. The highest BCUT2D eigenvalue weighted by Crippen LogP contribution is 2.21. The van der Waals surface area contributed by atoms with E-state index in [1.165, 1.54) is 7.11 Å². The van der Waals surface area contributed by atoms with Gasteiger partial charge in [-0.25, -0.2) is 4.98 Å². The third kappa shape index (κ3) is 2.82. The Hall–Kier alpha value is -2.56. The molecule has 0 bridgehead atoms. The van der Waals surface area contributed by atoms with Crippen LogP contribution in [0, 0.1) is 6.92 Å². The lowest BCUT2D eigenvalue weighted by molar-refractivity contribution is 0.102. The summed E-state index contributed by atoms with van der Waals surface area (Å²) in [4.78, 5) is 16.1. The number of nitrogen functional groups attached to an aromatic ring is 1. The van der Waals surface area contributed by atoms with Crippen molar-refractivity contribution in [2.45, 2.75) is 6.92 Å². The number of benzene rings is 1. The van der Waals surface area contributed by atoms with Gasteiger partial charge in [-0.05, 0) is 36.8 Å². The third-order valence-electron chi connectivity index (χ3n) is 2.75. The quantitative estimate of drug-likeness (QED) is 0.827. The maximum atomic E-state index is 12.1. The third-order valence-corrected chi connectivity index (χ3v) is 2.75. The lowest BCUT2D eigenvalue weighted by Crippen LogP contribution is -2.13. The van der Waals surface area contributed by atoms with Crippen LogP contribution in [0.2, 0.25) is 0 Å². The molecule has 3 N–H and O–H groups in total. The number of nitrogens with zero attached hydrogens (tertiary/aromatic N) is 1. The molecule has 0 unspecified atom stereocenters. The fourth-order valence-electron chi connectivity index (χ4n) is 1.62. The van der Waals surface area contributed by atoms with E-state index in [9.17, 15) is 4.79 Å². The molecule has 98 valence electrons. The number of carbonyl (C=O) groups excluding carboxylic acids is 1. The van der Waals surface area contributed by atoms with Gasteiger partial charge in [0.05, 0.1) is 7.11 Å². The van der Waals surface area contributed by atoms with Gasteiger partial charge in [-0.15, -0.1) is 0 Å². The molecule has 1 aromatic heterocycles. The van der Waals surface area contributed by atoms with Gasteiger partial charge in [-0.1, -0.05) is 6.07 Å². The number of ether oxygens (including phenoxy) is 1. The largest absolute Gasteiger partial charge is 0.480 e. The molecular weight excluding hydrogens is 242 g/mol. The van der Waals surface area contributed by atoms with Gasteiger partial charge < -0.3 is 15.8 Å². The van der Waals surface area contributed by atoms with Crippen molar-refractivity contribution in [3.05, 3.63) is 47.7 Å². The molecule has 2 aromatic rings. The van der Waals surface area contributed by atoms with E-state index in [2.05, 4.69) is 10.3 Å². The van der Waals surface area contributed by atoms with Crippen molar-refractivity contribution in [3.63, 3.8) is 0 Å². The van der Waals surface area contributed by atoms with Crippen LogP contribution in [0.5, 0.6) is 5.88 Å². The molecule has 5 nitrogen and oxygen atoms in total. The number of hydrogen-bond acceptors (Lipinski definition) is 4. The molecule has 5 heteroatoms. The van der Waals surface area contributed by atoms with E-state index >= 15 is 0 Å². The predicted molar refractivity (Wildman–Crippen MR) is 74.3 cm³/mol. The van der Waals surface area contributed by atoms with Crippen molar-refractivity contribution in [2.24, 2.45) is 0 Å². The van der Waals surface area contributed by atoms with E-state index in [1.807, 2.05) is 13.0 Å². The Morgan fingerprint density at radius 3 is 2.84 bits per heavy atom. The molecule has 19 heavy (non-hydrogen) atoms. The van der Waals surface area contributed by atoms with Crippen LogP contribution < -0.4 is 15.8 Å². The van der Waals surface area contributed by atoms with Gasteiger partial charge in [0.25, 0.3) is 5.91 Å². The zero-order valence-electron chi connectivity index (χ0n) is 10.8. The van der Waals surface area contributed by atoms with Crippen LogP contribution in [0.4, 0.5) is 11.4 Å². The molecule has 1 heterocycles. The first-order valence-electron chi connectivity index (χ1n) is 5.78. The molecule has 0 saturated carbocycles. The molecule has 0 aliphatic rings. The van der Waals surface area contributed by atoms with E-state index in [4.69, 9.17) is 10.5 Å². The number of carbonyl (C=O) groups is 1. The van der Waals surface area contributed by atoms with Crippen LogP contribution in [-0.2, 0) is 0 Å². The highest BCUT2D eigenvalue weighted by Gasteiger charge is 2.10. The minimum absolute atomic E-state index is 0.252. The Morgan fingerprint density at radius 1 is 1.37 bits per heavy atom. The predicted octanol–water partition coefficient (Wildman–Crippen LogP) is 2.23. The van der Waals surface area contributed by atoms with Gasteiger partial charge in [0, 0.05) is 17.4 Å². The number of nitrogens with one attached hydrogen (secondary N) is 1. The second-order valence-corrected chi connectivity index (χ2v) is 4.09. The van der Waals surface area contributed by atoms with Crippen LogP contribution in [0.25, 0.3) is 0 Å². The van der Waals surface area contributed by atoms with Crippen LogP contribution in [0.1, 0.15) is 15.9 Å². The van der Waals surface area contributed by atoms with Crippen LogP contribution in [-0.4, -0.2) is 18.0 Å². The number of pyridine rings is 1. The fraction of sp³-hybridized carbons (Fsp3) is 0.143. The lowest BCUT2D eigenvalue weighted by atomic mass is 10.1. The Kier molecular flexibility index (Phi) is 3.66. The van der Waals surface area contributed by atoms with Crippen molar-refractivity contribution in [1.29, 1.82) is 0 Å². The summed E-state index contributed by atoms with van der Waals surface area (Å²) < 4.78 is 5.07. The monoisotopic (exact) mass is 257 g/mol. The minimum Gasteiger partial charge on any atom is -0.480 e. The van der Waals surface area contributed by atoms with Crippen molar-refractivity contribution < 1.29 is 9.53 Å². The van der Waals surface area contributed by atoms with Crippen molar-refractivity contribution in [2.75, 3.05) is 18.2 Å². The summed E-state index contributed by atoms with van der Waals surface area (Å²) in [6.07, 6.45) is 1.60. The van der Waals surface area contributed by atoms with Gasteiger partial charge in [0.2, 0.25) is 5.88 Å². The Bertz CT molecular complexity index is 611. The average molecular weight is 257 g/mol. The van der Waals surface area contributed by atoms with Crippen LogP contribution in [0.15, 0.2) is 36.5 Å². The van der Waals surface area contributed by atoms with Gasteiger partial charge >= 0.3 is 0 Å². The molecule has 0 atom stereocenters. The highest BCUT2D eigenvalue weighted by atomic mass is 16.5. The topological polar surface area (TPSA) is 77.2 Å². The standard InChI is InChI=1S/C14H15N3O2/c1-9-5-6-10(8-11(9)15)13(18)17-12-4-3-7-16-14(12)19-2/h3-8H,15H2,1-2H3,(H,17,18). The average Bonchev–Trinajstić information content (AvgIpc) is 2.42. The fourth-order valence-corrected chi connectivity index (χ4v) is 1.62. The summed E-state index contributed by atoms with van der Waals surface area (Å²) in [6.45, 7) is 1.89. The summed E-state index contributed by atoms with van der Waals surface area (Å²) in [5.74, 6) is 0.119. The normalized spacial score (nSPS) is 10.0. The Balaban J connectivity index is 2.23. The smallest absolute Gasteiger partial charge is 0.255 e. The minimum atomic E-state index is -0.252. The summed E-state index contributed by atoms with van der Waals surface area (Å²) >= 11 is 0. The van der Waals surface area contributed by atoms with Crippen molar-refractivity contribution in [3.8, 4) is 5.88 Å². The number of nitrogens with two attached hydrogens (primary N) is 1. The molecule has 2 rings (SSSR count). The Labute approximate surface area is 111 Å². The zero-order chi connectivity index (χ0) is 13.8. The van der Waals surface area contributed by atoms with Gasteiger partial charge in [0.15, 0.2) is 0 Å². The van der Waals surface area contributed by atoms with Crippen LogP contribution >= 0.6 is 0 Å². The van der Waals surface area contributed by atoms with Crippen LogP contribution in [0.3, 0.4) is 0 Å². The molecular formula is C14H15N3O2. The van der Waals surface area contributed by atoms with E-state index in [0.717, 1.165) is 5.56 Å². The van der Waals surface area contributed by atoms with Crippen molar-refractivity contribution >= 4 is 17.3 Å². The van der Waals surface area contributed by atoms with Crippen molar-refractivity contribution in [1.82, 2.24) is 4.98 Å². The maximum Gasteiger partial charge on any atom is 0.255 e. The maximum absolute atomic E-state index is 12.1. The SMILES string of the molecule is COc1ncccc1NC(=O)c1ccc(C)c(N)c1. The van der Waals surface area contributed by atoms with Gasteiger partial charge in [-0.2, -0.15) is 0 Å². The number of methoxy groups -OCH3 is 1. The highest BCUT2D eigenvalue weighted by molar-refractivity contribution is 6.05. The van der Waals surface area contributed by atoms with Gasteiger partial charge in [0.1, 0.15) is 5.69 Å². The summed E-state index contributed by atoms with van der Waals surface area (Å²) in [6, 6.07) is 8.63. The summed E-state index contributed by atoms with van der Waals surface area (Å²) in [7, 11) is 1.50. The molecule has 1 aromatic carbocycles. The van der Waals surface area contributed by atoms with Gasteiger partial charge in [-0.3, -0.25) is 4.79 Å². The first-order valence-corrected chi connectivity index (χ1v) is 5.78. The van der Waals surface area contributed by atoms with E-state index in [0.29, 0.717) is 22.8 Å². The van der Waals surface area contributed by atoms with E-state index in [-0.39, 0.29) is 5.91 Å². The first-order chi connectivity index (χ1) is 9.11. The zero-order valence-corrected chi connectivity index (χ0v) is 10.8. The molecule has 0 saturated heterocycles. The number of anilines is 2. The number of rotatable bonds is 3. The number of aryl methyl sites for hydroxylation is 1. The van der Waals surface area contributed by atoms with E-state index < -0.39 is 0 Å². The summed E-state index contributed by atoms with van der Waals surface area (Å²) in [5, 5.41) is 2.74. The second kappa shape index (κ2) is 5.39. The molecule has 1 amide bonds. The first kappa shape index (κ1) is 12.9. The molecule has 0 spiro atoms. The molecule has 0 aliphatic heterocycles. The lowest BCUT2D eigenvalue weighted by Gasteiger charge is -2.09. The summed E-state index contributed by atoms with van der Waals surface area (Å²) in [5.41, 5.74) is 8.34. The van der Waals surface area contributed by atoms with E-state index in [1.54, 1.807) is 30.5 Å². The molecule has 0 fully saturated rings.